The van der Waals surface area contributed by atoms with Gasteiger partial charge in [-0.05, 0) is 39.9 Å². The lowest BCUT2D eigenvalue weighted by atomic mass is 9.98. The predicted octanol–water partition coefficient (Wildman–Crippen LogP) is 5.68. The summed E-state index contributed by atoms with van der Waals surface area (Å²) in [6.45, 7) is 0.127. The highest BCUT2D eigenvalue weighted by molar-refractivity contribution is 5.96. The Kier molecular flexibility index (Phi) is 7.13. The molecule has 1 atom stereocenters. The first kappa shape index (κ1) is 24.7. The van der Waals surface area contributed by atoms with Crippen LogP contribution >= 0.6 is 0 Å². The van der Waals surface area contributed by atoms with Gasteiger partial charge in [-0.15, -0.1) is 0 Å². The van der Waals surface area contributed by atoms with Crippen molar-refractivity contribution in [3.8, 4) is 11.1 Å². The first-order valence-electron chi connectivity index (χ1n) is 12.2. The molecule has 8 nitrogen and oxygen atoms in total. The van der Waals surface area contributed by atoms with Gasteiger partial charge in [0.2, 0.25) is 5.91 Å². The molecule has 4 aromatic rings. The van der Waals surface area contributed by atoms with Crippen molar-refractivity contribution in [1.82, 2.24) is 5.32 Å². The Balaban J connectivity index is 1.28. The van der Waals surface area contributed by atoms with Gasteiger partial charge in [0.05, 0.1) is 4.92 Å². The monoisotopic (exact) mass is 507 g/mol. The van der Waals surface area contributed by atoms with Crippen LogP contribution < -0.4 is 10.6 Å². The highest BCUT2D eigenvalue weighted by atomic mass is 16.6. The Morgan fingerprint density at radius 3 is 2.00 bits per heavy atom. The summed E-state index contributed by atoms with van der Waals surface area (Å²) in [5.41, 5.74) is 5.60. The summed E-state index contributed by atoms with van der Waals surface area (Å²) in [5, 5.41) is 16.3. The summed E-state index contributed by atoms with van der Waals surface area (Å²) >= 11 is 0. The number of nitrogens with one attached hydrogen (secondary N) is 2. The van der Waals surface area contributed by atoms with Crippen LogP contribution in [0.4, 0.5) is 16.2 Å². The average molecular weight is 508 g/mol. The SMILES string of the molecule is O=C(N[C@@H](Cc1ccccc1)C(=O)Nc1ccc([N+](=O)[O-])cc1)OCC1c2ccccc2-c2ccccc21. The molecule has 1 aliphatic rings. The number of carbonyl (C=O) groups excluding carboxylic acids is 2. The first-order chi connectivity index (χ1) is 18.5. The molecule has 0 radical (unpaired) electrons. The van der Waals surface area contributed by atoms with Crippen LogP contribution in [0.5, 0.6) is 0 Å². The number of carbonyl (C=O) groups is 2. The summed E-state index contributed by atoms with van der Waals surface area (Å²) < 4.78 is 5.65. The van der Waals surface area contributed by atoms with Crippen molar-refractivity contribution < 1.29 is 19.2 Å². The second-order valence-corrected chi connectivity index (χ2v) is 9.01. The number of nitro benzene ring substituents is 1. The van der Waals surface area contributed by atoms with Gasteiger partial charge < -0.3 is 15.4 Å². The summed E-state index contributed by atoms with van der Waals surface area (Å²) in [6.07, 6.45) is -0.462. The number of anilines is 1. The van der Waals surface area contributed by atoms with E-state index in [1.54, 1.807) is 0 Å². The number of benzene rings is 4. The van der Waals surface area contributed by atoms with Gasteiger partial charge in [-0.3, -0.25) is 14.9 Å². The second-order valence-electron chi connectivity index (χ2n) is 9.01. The number of amides is 2. The summed E-state index contributed by atoms with van der Waals surface area (Å²) in [4.78, 5) is 36.5. The molecular formula is C30H25N3O5. The number of alkyl carbamates (subject to hydrolysis) is 1. The summed E-state index contributed by atoms with van der Waals surface area (Å²) in [5.74, 6) is -0.564. The molecule has 38 heavy (non-hydrogen) atoms. The second kappa shape index (κ2) is 11.0. The van der Waals surface area contributed by atoms with Crippen LogP contribution in [0.1, 0.15) is 22.6 Å². The number of fused-ring (bicyclic) bond motifs is 3. The highest BCUT2D eigenvalue weighted by Crippen LogP contribution is 2.44. The van der Waals surface area contributed by atoms with Crippen molar-refractivity contribution in [2.75, 3.05) is 11.9 Å². The third-order valence-electron chi connectivity index (χ3n) is 6.58. The molecule has 4 aromatic carbocycles. The molecule has 0 fully saturated rings. The van der Waals surface area contributed by atoms with Crippen LogP contribution in [0.3, 0.4) is 0 Å². The fourth-order valence-electron chi connectivity index (χ4n) is 4.74. The number of nitro groups is 1. The molecule has 0 unspecified atom stereocenters. The molecule has 2 N–H and O–H groups in total. The maximum Gasteiger partial charge on any atom is 0.407 e. The molecule has 0 heterocycles. The van der Waals surface area contributed by atoms with Gasteiger partial charge in [-0.1, -0.05) is 78.9 Å². The molecule has 190 valence electrons. The molecule has 5 rings (SSSR count). The molecule has 0 saturated heterocycles. The normalized spacial score (nSPS) is 12.6. The van der Waals surface area contributed by atoms with Gasteiger partial charge in [0.15, 0.2) is 0 Å². The topological polar surface area (TPSA) is 111 Å². The zero-order valence-corrected chi connectivity index (χ0v) is 20.4. The molecule has 0 bridgehead atoms. The van der Waals surface area contributed by atoms with E-state index in [-0.39, 0.29) is 24.6 Å². The third kappa shape index (κ3) is 5.39. The van der Waals surface area contributed by atoms with E-state index in [0.717, 1.165) is 27.8 Å². The zero-order chi connectivity index (χ0) is 26.5. The van der Waals surface area contributed by atoms with Crippen LogP contribution in [0, 0.1) is 10.1 Å². The minimum atomic E-state index is -0.928. The van der Waals surface area contributed by atoms with Crippen LogP contribution in [0.2, 0.25) is 0 Å². The van der Waals surface area contributed by atoms with Crippen molar-refractivity contribution >= 4 is 23.4 Å². The van der Waals surface area contributed by atoms with Gasteiger partial charge in [-0.25, -0.2) is 4.79 Å². The number of rotatable bonds is 8. The van der Waals surface area contributed by atoms with Crippen molar-refractivity contribution in [3.63, 3.8) is 0 Å². The maximum absolute atomic E-state index is 13.1. The lowest BCUT2D eigenvalue weighted by Gasteiger charge is -2.20. The van der Waals surface area contributed by atoms with Crippen LogP contribution in [0.25, 0.3) is 11.1 Å². The fraction of sp³-hybridized carbons (Fsp3) is 0.133. The summed E-state index contributed by atoms with van der Waals surface area (Å²) in [6, 6.07) is 30.0. The number of hydrogen-bond donors (Lipinski definition) is 2. The lowest BCUT2D eigenvalue weighted by molar-refractivity contribution is -0.384. The first-order valence-corrected chi connectivity index (χ1v) is 12.2. The van der Waals surface area contributed by atoms with E-state index in [0.29, 0.717) is 5.69 Å². The average Bonchev–Trinajstić information content (AvgIpc) is 3.26. The number of ether oxygens (including phenoxy) is 1. The maximum atomic E-state index is 13.1. The van der Waals surface area contributed by atoms with E-state index < -0.39 is 23.0 Å². The Morgan fingerprint density at radius 2 is 1.39 bits per heavy atom. The van der Waals surface area contributed by atoms with Gasteiger partial charge in [0, 0.05) is 30.2 Å². The Labute approximate surface area is 219 Å². The van der Waals surface area contributed by atoms with Crippen LogP contribution in [-0.2, 0) is 16.0 Å². The standard InChI is InChI=1S/C30H25N3O5/c34-29(31-21-14-16-22(17-15-21)33(36)37)28(18-20-8-2-1-3-9-20)32-30(35)38-19-27-25-12-6-4-10-23(25)24-11-5-7-13-26(24)27/h1-17,27-28H,18-19H2,(H,31,34)(H,32,35)/t28-/m0/s1. The largest absolute Gasteiger partial charge is 0.449 e. The Hall–Kier alpha value is -4.98. The quantitative estimate of drug-likeness (QED) is 0.235. The zero-order valence-electron chi connectivity index (χ0n) is 20.4. The van der Waals surface area contributed by atoms with E-state index in [9.17, 15) is 19.7 Å². The van der Waals surface area contributed by atoms with E-state index in [4.69, 9.17) is 4.74 Å². The molecule has 0 aliphatic heterocycles. The van der Waals surface area contributed by atoms with Crippen molar-refractivity contribution in [2.24, 2.45) is 0 Å². The van der Waals surface area contributed by atoms with Gasteiger partial charge in [-0.2, -0.15) is 0 Å². The minimum Gasteiger partial charge on any atom is -0.449 e. The molecule has 2 amide bonds. The third-order valence-corrected chi connectivity index (χ3v) is 6.58. The van der Waals surface area contributed by atoms with E-state index in [2.05, 4.69) is 22.8 Å². The minimum absolute atomic E-state index is 0.0828. The molecule has 0 saturated carbocycles. The highest BCUT2D eigenvalue weighted by Gasteiger charge is 2.30. The van der Waals surface area contributed by atoms with E-state index >= 15 is 0 Å². The number of nitrogens with zero attached hydrogens (tertiary/aromatic N) is 1. The molecule has 0 aromatic heterocycles. The summed E-state index contributed by atoms with van der Waals surface area (Å²) in [7, 11) is 0. The van der Waals surface area contributed by atoms with E-state index in [1.165, 1.54) is 24.3 Å². The molecule has 1 aliphatic carbocycles. The van der Waals surface area contributed by atoms with Crippen LogP contribution in [0.15, 0.2) is 103 Å². The van der Waals surface area contributed by atoms with Gasteiger partial charge in [0.25, 0.3) is 5.69 Å². The van der Waals surface area contributed by atoms with Gasteiger partial charge >= 0.3 is 6.09 Å². The Bertz CT molecular complexity index is 1430. The van der Waals surface area contributed by atoms with Gasteiger partial charge in [0.1, 0.15) is 12.6 Å². The van der Waals surface area contributed by atoms with Crippen LogP contribution in [-0.4, -0.2) is 29.6 Å². The fourth-order valence-corrected chi connectivity index (χ4v) is 4.74. The number of non-ortho nitro benzene ring substituents is 1. The smallest absolute Gasteiger partial charge is 0.407 e. The molecule has 8 heteroatoms. The lowest BCUT2D eigenvalue weighted by Crippen LogP contribution is -2.45. The molecule has 0 spiro atoms. The van der Waals surface area contributed by atoms with Crippen molar-refractivity contribution in [1.29, 1.82) is 0 Å². The number of hydrogen-bond acceptors (Lipinski definition) is 5. The van der Waals surface area contributed by atoms with E-state index in [1.807, 2.05) is 66.7 Å². The molecular weight excluding hydrogens is 482 g/mol. The van der Waals surface area contributed by atoms with Crippen molar-refractivity contribution in [2.45, 2.75) is 18.4 Å². The predicted molar refractivity (Wildman–Crippen MR) is 144 cm³/mol. The Morgan fingerprint density at radius 1 is 0.816 bits per heavy atom. The van der Waals surface area contributed by atoms with Crippen molar-refractivity contribution in [3.05, 3.63) is 130 Å².